The predicted octanol–water partition coefficient (Wildman–Crippen LogP) is 1.17. The Hall–Kier alpha value is -1.82. The van der Waals surface area contributed by atoms with Crippen molar-refractivity contribution in [2.24, 2.45) is 5.73 Å². The maximum absolute atomic E-state index is 11.4. The number of para-hydroxylation sites is 1. The van der Waals surface area contributed by atoms with Gasteiger partial charge in [-0.2, -0.15) is 0 Å². The molecule has 0 saturated carbocycles. The monoisotopic (exact) mass is 238 g/mol. The summed E-state index contributed by atoms with van der Waals surface area (Å²) >= 11 is 4.55. The molecule has 16 heavy (non-hydrogen) atoms. The minimum Gasteiger partial charge on any atom is -0.375 e. The van der Waals surface area contributed by atoms with E-state index in [2.05, 4.69) is 28.4 Å². The summed E-state index contributed by atoms with van der Waals surface area (Å²) in [6.45, 7) is 3.84. The Morgan fingerprint density at radius 3 is 2.31 bits per heavy atom. The quantitative estimate of drug-likeness (QED) is 0.437. The van der Waals surface area contributed by atoms with E-state index < -0.39 is 6.03 Å². The van der Waals surface area contributed by atoms with Crippen LogP contribution >= 0.6 is 12.2 Å². The lowest BCUT2D eigenvalue weighted by atomic mass is 10.1. The Morgan fingerprint density at radius 2 is 1.81 bits per heavy atom. The molecule has 0 aromatic heterocycles. The first kappa shape index (κ1) is 12.3. The van der Waals surface area contributed by atoms with Gasteiger partial charge < -0.3 is 11.1 Å². The van der Waals surface area contributed by atoms with Crippen molar-refractivity contribution in [3.63, 3.8) is 0 Å². The molecule has 0 aliphatic rings. The van der Waals surface area contributed by atoms with Crippen LogP contribution in [0.5, 0.6) is 0 Å². The molecule has 5 nitrogen and oxygen atoms in total. The number of amides is 2. The van der Waals surface area contributed by atoms with E-state index in [4.69, 9.17) is 5.73 Å². The minimum absolute atomic E-state index is 0.0108. The van der Waals surface area contributed by atoms with Gasteiger partial charge in [0.15, 0.2) is 5.11 Å². The van der Waals surface area contributed by atoms with E-state index in [0.717, 1.165) is 16.8 Å². The van der Waals surface area contributed by atoms with Crippen molar-refractivity contribution in [3.05, 3.63) is 29.3 Å². The molecule has 6 heteroatoms. The summed E-state index contributed by atoms with van der Waals surface area (Å²) < 4.78 is 0. The van der Waals surface area contributed by atoms with Crippen LogP contribution in [0.1, 0.15) is 11.1 Å². The summed E-state index contributed by atoms with van der Waals surface area (Å²) in [5, 5.41) is 2.72. The third-order valence-corrected chi connectivity index (χ3v) is 2.12. The van der Waals surface area contributed by atoms with E-state index in [0.29, 0.717) is 0 Å². The number of aryl methyl sites for hydroxylation is 2. The van der Waals surface area contributed by atoms with Crippen molar-refractivity contribution in [1.82, 2.24) is 10.9 Å². The van der Waals surface area contributed by atoms with Crippen molar-refractivity contribution >= 4 is 29.0 Å². The SMILES string of the molecule is Cc1cccc(C)c1NC(=O)NNC(N)=S. The fraction of sp³-hybridized carbons (Fsp3) is 0.200. The molecule has 5 N–H and O–H groups in total. The summed E-state index contributed by atoms with van der Waals surface area (Å²) in [5.74, 6) is 0. The summed E-state index contributed by atoms with van der Waals surface area (Å²) in [6.07, 6.45) is 0. The molecule has 1 rings (SSSR count). The summed E-state index contributed by atoms with van der Waals surface area (Å²) in [4.78, 5) is 11.4. The topological polar surface area (TPSA) is 79.2 Å². The lowest BCUT2D eigenvalue weighted by molar-refractivity contribution is 0.250. The fourth-order valence-electron chi connectivity index (χ4n) is 1.27. The molecule has 0 atom stereocenters. The van der Waals surface area contributed by atoms with Crippen LogP contribution in [0.25, 0.3) is 0 Å². The molecule has 0 radical (unpaired) electrons. The highest BCUT2D eigenvalue weighted by atomic mass is 32.1. The van der Waals surface area contributed by atoms with Crippen molar-refractivity contribution in [3.8, 4) is 0 Å². The molecule has 0 unspecified atom stereocenters. The number of thiocarbonyl (C=S) groups is 1. The van der Waals surface area contributed by atoms with Gasteiger partial charge in [0.05, 0.1) is 0 Å². The largest absolute Gasteiger partial charge is 0.375 e. The van der Waals surface area contributed by atoms with Gasteiger partial charge in [-0.1, -0.05) is 18.2 Å². The van der Waals surface area contributed by atoms with Gasteiger partial charge >= 0.3 is 6.03 Å². The number of hydrogen-bond acceptors (Lipinski definition) is 2. The van der Waals surface area contributed by atoms with Crippen molar-refractivity contribution in [1.29, 1.82) is 0 Å². The predicted molar refractivity (Wildman–Crippen MR) is 68.0 cm³/mol. The van der Waals surface area contributed by atoms with Gasteiger partial charge in [0, 0.05) is 5.69 Å². The second-order valence-corrected chi connectivity index (χ2v) is 3.78. The van der Waals surface area contributed by atoms with Crippen molar-refractivity contribution in [2.75, 3.05) is 5.32 Å². The maximum atomic E-state index is 11.4. The van der Waals surface area contributed by atoms with Crippen molar-refractivity contribution in [2.45, 2.75) is 13.8 Å². The van der Waals surface area contributed by atoms with E-state index in [1.54, 1.807) is 0 Å². The lowest BCUT2D eigenvalue weighted by Crippen LogP contribution is -2.46. The Bertz CT molecular complexity index is 399. The fourth-order valence-corrected chi connectivity index (χ4v) is 1.33. The first-order valence-corrected chi connectivity index (χ1v) is 5.10. The highest BCUT2D eigenvalue weighted by molar-refractivity contribution is 7.80. The molecular formula is C10H14N4OS. The Kier molecular flexibility index (Phi) is 4.07. The standard InChI is InChI=1S/C10H14N4OS/c1-6-4-3-5-7(2)8(6)12-10(15)14-13-9(11)16/h3-5H,1-2H3,(H3,11,13,16)(H2,12,14,15). The summed E-state index contributed by atoms with van der Waals surface area (Å²) in [6, 6.07) is 5.36. The van der Waals surface area contributed by atoms with Crippen LogP contribution in [0.15, 0.2) is 18.2 Å². The van der Waals surface area contributed by atoms with Crippen LogP contribution < -0.4 is 21.9 Å². The molecule has 1 aromatic rings. The first-order valence-electron chi connectivity index (χ1n) is 4.69. The number of nitrogens with one attached hydrogen (secondary N) is 3. The molecular weight excluding hydrogens is 224 g/mol. The molecule has 2 amide bonds. The zero-order valence-electron chi connectivity index (χ0n) is 9.13. The third-order valence-electron chi connectivity index (χ3n) is 2.02. The number of anilines is 1. The zero-order chi connectivity index (χ0) is 12.1. The van der Waals surface area contributed by atoms with Gasteiger partial charge in [0.2, 0.25) is 0 Å². The van der Waals surface area contributed by atoms with Crippen LogP contribution in [0, 0.1) is 13.8 Å². The summed E-state index contributed by atoms with van der Waals surface area (Å²) in [7, 11) is 0. The van der Waals surface area contributed by atoms with Gasteiger partial charge in [-0.25, -0.2) is 10.2 Å². The molecule has 0 saturated heterocycles. The number of urea groups is 1. The molecule has 0 spiro atoms. The van der Waals surface area contributed by atoms with E-state index in [9.17, 15) is 4.79 Å². The number of rotatable bonds is 1. The van der Waals surface area contributed by atoms with E-state index in [1.165, 1.54) is 0 Å². The lowest BCUT2D eigenvalue weighted by Gasteiger charge is -2.12. The van der Waals surface area contributed by atoms with Crippen LogP contribution in [-0.4, -0.2) is 11.1 Å². The highest BCUT2D eigenvalue weighted by Gasteiger charge is 2.05. The Morgan fingerprint density at radius 1 is 1.25 bits per heavy atom. The van der Waals surface area contributed by atoms with Crippen LogP contribution in [-0.2, 0) is 0 Å². The number of benzene rings is 1. The average molecular weight is 238 g/mol. The molecule has 0 aliphatic heterocycles. The van der Waals surface area contributed by atoms with Gasteiger partial charge in [-0.3, -0.25) is 5.43 Å². The molecule has 1 aromatic carbocycles. The second-order valence-electron chi connectivity index (χ2n) is 3.34. The van der Waals surface area contributed by atoms with E-state index >= 15 is 0 Å². The number of nitrogens with two attached hydrogens (primary N) is 1. The minimum atomic E-state index is -0.412. The maximum Gasteiger partial charge on any atom is 0.337 e. The van der Waals surface area contributed by atoms with Gasteiger partial charge in [-0.05, 0) is 37.2 Å². The second kappa shape index (κ2) is 5.32. The van der Waals surface area contributed by atoms with Gasteiger partial charge in [-0.15, -0.1) is 0 Å². The van der Waals surface area contributed by atoms with Gasteiger partial charge in [0.1, 0.15) is 0 Å². The van der Waals surface area contributed by atoms with Gasteiger partial charge in [0.25, 0.3) is 0 Å². The molecule has 0 heterocycles. The smallest absolute Gasteiger partial charge is 0.337 e. The molecule has 0 fully saturated rings. The first-order chi connectivity index (χ1) is 7.50. The number of carbonyl (C=O) groups is 1. The molecule has 0 bridgehead atoms. The van der Waals surface area contributed by atoms with Crippen LogP contribution in [0.4, 0.5) is 10.5 Å². The molecule has 0 aliphatic carbocycles. The van der Waals surface area contributed by atoms with E-state index in [-0.39, 0.29) is 5.11 Å². The molecule has 86 valence electrons. The van der Waals surface area contributed by atoms with Crippen molar-refractivity contribution < 1.29 is 4.79 Å². The normalized spacial score (nSPS) is 9.38. The average Bonchev–Trinajstić information content (AvgIpc) is 2.21. The highest BCUT2D eigenvalue weighted by Crippen LogP contribution is 2.18. The third kappa shape index (κ3) is 3.39. The summed E-state index contributed by atoms with van der Waals surface area (Å²) in [5.41, 5.74) is 12.6. The number of hydrazine groups is 1. The number of carbonyl (C=O) groups excluding carboxylic acids is 1. The Balaban J connectivity index is 2.66. The number of hydrogen-bond donors (Lipinski definition) is 4. The zero-order valence-corrected chi connectivity index (χ0v) is 9.94. The van der Waals surface area contributed by atoms with E-state index in [1.807, 2.05) is 32.0 Å². The van der Waals surface area contributed by atoms with Crippen LogP contribution in [0.2, 0.25) is 0 Å². The van der Waals surface area contributed by atoms with Crippen LogP contribution in [0.3, 0.4) is 0 Å². The Labute approximate surface area is 99.4 Å².